The van der Waals surface area contributed by atoms with Gasteiger partial charge in [0, 0.05) is 17.1 Å². The highest BCUT2D eigenvalue weighted by Crippen LogP contribution is 2.28. The first-order valence-corrected chi connectivity index (χ1v) is 5.22. The van der Waals surface area contributed by atoms with Crippen molar-refractivity contribution in [2.24, 2.45) is 0 Å². The normalized spacial score (nSPS) is 21.5. The fraction of sp³-hybridized carbons (Fsp3) is 0.455. The predicted molar refractivity (Wildman–Crippen MR) is 56.4 cm³/mol. The molecule has 1 aliphatic heterocycles. The van der Waals surface area contributed by atoms with Crippen molar-refractivity contribution < 1.29 is 4.39 Å². The van der Waals surface area contributed by atoms with Crippen molar-refractivity contribution in [1.82, 2.24) is 5.32 Å². The summed E-state index contributed by atoms with van der Waals surface area (Å²) in [5.74, 6) is 0.224. The molecule has 3 heteroatoms. The van der Waals surface area contributed by atoms with Crippen LogP contribution in [0.1, 0.15) is 23.5 Å². The molecule has 0 radical (unpaired) electrons. The number of rotatable bonds is 1. The highest BCUT2D eigenvalue weighted by molar-refractivity contribution is 6.31. The van der Waals surface area contributed by atoms with Crippen molar-refractivity contribution in [2.45, 2.75) is 19.3 Å². The Hall–Kier alpha value is -0.600. The molecule has 76 valence electrons. The van der Waals surface area contributed by atoms with E-state index >= 15 is 0 Å². The smallest absolute Gasteiger partial charge is 0.127 e. The van der Waals surface area contributed by atoms with Gasteiger partial charge in [0.15, 0.2) is 0 Å². The molecule has 0 amide bonds. The molecule has 1 saturated heterocycles. The number of hydrogen-bond donors (Lipinski definition) is 1. The van der Waals surface area contributed by atoms with Crippen LogP contribution in [0.25, 0.3) is 0 Å². The lowest BCUT2D eigenvalue weighted by atomic mass is 9.97. The van der Waals surface area contributed by atoms with E-state index in [1.165, 1.54) is 0 Å². The highest BCUT2D eigenvalue weighted by atomic mass is 35.5. The molecule has 1 fully saturated rings. The predicted octanol–water partition coefficient (Wildman–Crippen LogP) is 2.86. The molecule has 0 saturated carbocycles. The zero-order valence-electron chi connectivity index (χ0n) is 8.11. The zero-order valence-corrected chi connectivity index (χ0v) is 8.87. The summed E-state index contributed by atoms with van der Waals surface area (Å²) < 4.78 is 13.4. The number of hydrogen-bond acceptors (Lipinski definition) is 1. The van der Waals surface area contributed by atoms with Crippen LogP contribution in [0.5, 0.6) is 0 Å². The van der Waals surface area contributed by atoms with Crippen molar-refractivity contribution in [3.8, 4) is 0 Å². The van der Waals surface area contributed by atoms with Gasteiger partial charge in [-0.1, -0.05) is 11.6 Å². The summed E-state index contributed by atoms with van der Waals surface area (Å²) in [5, 5.41) is 3.79. The molecule has 0 spiro atoms. The Kier molecular flexibility index (Phi) is 2.75. The van der Waals surface area contributed by atoms with Gasteiger partial charge in [0.1, 0.15) is 5.82 Å². The van der Waals surface area contributed by atoms with Gasteiger partial charge in [-0.3, -0.25) is 0 Å². The Balaban J connectivity index is 2.34. The van der Waals surface area contributed by atoms with Gasteiger partial charge in [-0.2, -0.15) is 0 Å². The standard InChI is InChI=1S/C11H13ClFN/c1-7-10(12)4-9(5-11(7)13)8-2-3-14-6-8/h4-5,8,14H,2-3,6H2,1H3. The lowest BCUT2D eigenvalue weighted by molar-refractivity contribution is 0.612. The Morgan fingerprint density at radius 1 is 1.50 bits per heavy atom. The maximum atomic E-state index is 13.4. The van der Waals surface area contributed by atoms with Gasteiger partial charge >= 0.3 is 0 Å². The van der Waals surface area contributed by atoms with Crippen LogP contribution in [0.3, 0.4) is 0 Å². The minimum atomic E-state index is -0.195. The van der Waals surface area contributed by atoms with E-state index in [2.05, 4.69) is 5.32 Å². The van der Waals surface area contributed by atoms with Gasteiger partial charge < -0.3 is 5.32 Å². The van der Waals surface area contributed by atoms with E-state index in [0.717, 1.165) is 25.1 Å². The number of halogens is 2. The van der Waals surface area contributed by atoms with Crippen molar-refractivity contribution in [3.63, 3.8) is 0 Å². The maximum Gasteiger partial charge on any atom is 0.127 e. The third-order valence-electron chi connectivity index (χ3n) is 2.83. The van der Waals surface area contributed by atoms with Gasteiger partial charge in [0.25, 0.3) is 0 Å². The fourth-order valence-electron chi connectivity index (χ4n) is 1.84. The van der Waals surface area contributed by atoms with Crippen LogP contribution in [-0.4, -0.2) is 13.1 Å². The second-order valence-electron chi connectivity index (χ2n) is 3.80. The maximum absolute atomic E-state index is 13.4. The Labute approximate surface area is 88.3 Å². The van der Waals surface area contributed by atoms with Crippen molar-refractivity contribution in [1.29, 1.82) is 0 Å². The SMILES string of the molecule is Cc1c(F)cc(C2CCNC2)cc1Cl. The minimum Gasteiger partial charge on any atom is -0.316 e. The summed E-state index contributed by atoms with van der Waals surface area (Å²) in [6, 6.07) is 3.50. The van der Waals surface area contributed by atoms with E-state index in [0.29, 0.717) is 16.5 Å². The average molecular weight is 214 g/mol. The van der Waals surface area contributed by atoms with E-state index in [-0.39, 0.29) is 5.82 Å². The van der Waals surface area contributed by atoms with Crippen LogP contribution in [0.2, 0.25) is 5.02 Å². The Morgan fingerprint density at radius 3 is 2.86 bits per heavy atom. The Morgan fingerprint density at radius 2 is 2.29 bits per heavy atom. The fourth-order valence-corrected chi connectivity index (χ4v) is 2.06. The summed E-state index contributed by atoms with van der Waals surface area (Å²) in [5.41, 5.74) is 1.56. The van der Waals surface area contributed by atoms with Crippen molar-refractivity contribution in [2.75, 3.05) is 13.1 Å². The molecular weight excluding hydrogens is 201 g/mol. The highest BCUT2D eigenvalue weighted by Gasteiger charge is 2.18. The summed E-state index contributed by atoms with van der Waals surface area (Å²) in [6.45, 7) is 3.64. The molecular formula is C11H13ClFN. The first kappa shape index (κ1) is 9.94. The third kappa shape index (κ3) is 1.77. The van der Waals surface area contributed by atoms with Gasteiger partial charge in [-0.15, -0.1) is 0 Å². The lowest BCUT2D eigenvalue weighted by Gasteiger charge is -2.10. The third-order valence-corrected chi connectivity index (χ3v) is 3.23. The van der Waals surface area contributed by atoms with E-state index in [1.807, 2.05) is 6.07 Å². The molecule has 1 aromatic carbocycles. The first-order chi connectivity index (χ1) is 6.68. The average Bonchev–Trinajstić information content (AvgIpc) is 2.66. The largest absolute Gasteiger partial charge is 0.316 e. The molecule has 2 rings (SSSR count). The minimum absolute atomic E-state index is 0.195. The molecule has 0 aliphatic carbocycles. The molecule has 1 unspecified atom stereocenters. The van der Waals surface area contributed by atoms with E-state index < -0.39 is 0 Å². The van der Waals surface area contributed by atoms with Crippen LogP contribution in [0.4, 0.5) is 4.39 Å². The molecule has 0 aromatic heterocycles. The summed E-state index contributed by atoms with van der Waals surface area (Å²) in [6.07, 6.45) is 1.07. The molecule has 1 aromatic rings. The lowest BCUT2D eigenvalue weighted by Crippen LogP contribution is -2.08. The van der Waals surface area contributed by atoms with Crippen LogP contribution in [-0.2, 0) is 0 Å². The molecule has 1 N–H and O–H groups in total. The van der Waals surface area contributed by atoms with Gasteiger partial charge in [0.05, 0.1) is 0 Å². The van der Waals surface area contributed by atoms with Gasteiger partial charge in [-0.25, -0.2) is 4.39 Å². The number of benzene rings is 1. The van der Waals surface area contributed by atoms with E-state index in [4.69, 9.17) is 11.6 Å². The molecule has 1 atom stereocenters. The molecule has 0 bridgehead atoms. The van der Waals surface area contributed by atoms with Crippen LogP contribution in [0.15, 0.2) is 12.1 Å². The van der Waals surface area contributed by atoms with E-state index in [1.54, 1.807) is 13.0 Å². The number of nitrogens with one attached hydrogen (secondary N) is 1. The zero-order chi connectivity index (χ0) is 10.1. The molecule has 14 heavy (non-hydrogen) atoms. The summed E-state index contributed by atoms with van der Waals surface area (Å²) >= 11 is 5.94. The van der Waals surface area contributed by atoms with Crippen LogP contribution in [0, 0.1) is 12.7 Å². The van der Waals surface area contributed by atoms with Gasteiger partial charge in [-0.05, 0) is 43.5 Å². The van der Waals surface area contributed by atoms with Crippen molar-refractivity contribution in [3.05, 3.63) is 34.1 Å². The van der Waals surface area contributed by atoms with Crippen LogP contribution < -0.4 is 5.32 Å². The van der Waals surface area contributed by atoms with E-state index in [9.17, 15) is 4.39 Å². The summed E-state index contributed by atoms with van der Waals surface area (Å²) in [4.78, 5) is 0. The molecule has 1 nitrogen and oxygen atoms in total. The first-order valence-electron chi connectivity index (χ1n) is 4.84. The quantitative estimate of drug-likeness (QED) is 0.757. The molecule has 1 aliphatic rings. The Bertz CT molecular complexity index is 322. The van der Waals surface area contributed by atoms with Crippen LogP contribution >= 0.6 is 11.6 Å². The topological polar surface area (TPSA) is 12.0 Å². The van der Waals surface area contributed by atoms with Gasteiger partial charge in [0.2, 0.25) is 0 Å². The van der Waals surface area contributed by atoms with Crippen molar-refractivity contribution >= 4 is 11.6 Å². The monoisotopic (exact) mass is 213 g/mol. The summed E-state index contributed by atoms with van der Waals surface area (Å²) in [7, 11) is 0. The second kappa shape index (κ2) is 3.87. The molecule has 1 heterocycles. The second-order valence-corrected chi connectivity index (χ2v) is 4.21.